The van der Waals surface area contributed by atoms with Gasteiger partial charge in [-0.2, -0.15) is 9.47 Å². The predicted molar refractivity (Wildman–Crippen MR) is 59.9 cm³/mol. The maximum atomic E-state index is 4.22. The molecule has 0 aliphatic carbocycles. The van der Waals surface area contributed by atoms with Gasteiger partial charge in [0.2, 0.25) is 5.13 Å². The third kappa shape index (κ3) is 2.53. The molecule has 0 saturated heterocycles. The van der Waals surface area contributed by atoms with E-state index >= 15 is 0 Å². The minimum absolute atomic E-state index is 0.745. The first-order chi connectivity index (χ1) is 7.28. The fourth-order valence-electron chi connectivity index (χ4n) is 1.22. The Morgan fingerprint density at radius 2 is 2.40 bits per heavy atom. The first kappa shape index (κ1) is 10.1. The lowest BCUT2D eigenvalue weighted by atomic mass is 10.4. The van der Waals surface area contributed by atoms with Gasteiger partial charge in [0.05, 0.1) is 6.20 Å². The van der Waals surface area contributed by atoms with Crippen LogP contribution in [0.3, 0.4) is 0 Å². The predicted octanol–water partition coefficient (Wildman–Crippen LogP) is 1.68. The Bertz CT molecular complexity index is 433. The van der Waals surface area contributed by atoms with E-state index in [0.29, 0.717) is 0 Å². The van der Waals surface area contributed by atoms with Crippen LogP contribution in [0.25, 0.3) is 0 Å². The molecule has 5 nitrogen and oxygen atoms in total. The minimum atomic E-state index is 0.745. The number of hydrogen-bond donors (Lipinski definition) is 1. The molecule has 0 saturated carbocycles. The second kappa shape index (κ2) is 4.39. The average molecular weight is 223 g/mol. The Morgan fingerprint density at radius 1 is 1.53 bits per heavy atom. The van der Waals surface area contributed by atoms with Crippen LogP contribution in [0.15, 0.2) is 12.4 Å². The molecule has 0 radical (unpaired) electrons. The van der Waals surface area contributed by atoms with Crippen LogP contribution in [0.5, 0.6) is 0 Å². The Kier molecular flexibility index (Phi) is 2.96. The summed E-state index contributed by atoms with van der Waals surface area (Å²) in [7, 11) is 0. The van der Waals surface area contributed by atoms with Gasteiger partial charge in [-0.15, -0.1) is 0 Å². The van der Waals surface area contributed by atoms with Crippen molar-refractivity contribution >= 4 is 16.7 Å². The Balaban J connectivity index is 1.93. The van der Waals surface area contributed by atoms with Crippen molar-refractivity contribution in [2.45, 2.75) is 26.9 Å². The number of nitrogens with zero attached hydrogens (tertiary/aromatic N) is 4. The highest BCUT2D eigenvalue weighted by atomic mass is 32.1. The number of rotatable bonds is 4. The van der Waals surface area contributed by atoms with Gasteiger partial charge in [0.15, 0.2) is 0 Å². The van der Waals surface area contributed by atoms with Gasteiger partial charge in [0.25, 0.3) is 0 Å². The molecule has 2 heterocycles. The van der Waals surface area contributed by atoms with Crippen molar-refractivity contribution in [3.63, 3.8) is 0 Å². The molecule has 0 spiro atoms. The molecule has 0 aliphatic rings. The van der Waals surface area contributed by atoms with Crippen molar-refractivity contribution in [3.05, 3.63) is 23.8 Å². The fraction of sp³-hybridized carbons (Fsp3) is 0.444. The van der Waals surface area contributed by atoms with Crippen molar-refractivity contribution < 1.29 is 0 Å². The number of aryl methyl sites for hydroxylation is 2. The number of anilines is 1. The summed E-state index contributed by atoms with van der Waals surface area (Å²) in [6.45, 7) is 5.60. The summed E-state index contributed by atoms with van der Waals surface area (Å²) in [5.74, 6) is 0.812. The lowest BCUT2D eigenvalue weighted by Crippen LogP contribution is -1.98. The first-order valence-corrected chi connectivity index (χ1v) is 5.61. The van der Waals surface area contributed by atoms with E-state index in [0.717, 1.165) is 29.6 Å². The van der Waals surface area contributed by atoms with Crippen LogP contribution in [0.2, 0.25) is 0 Å². The van der Waals surface area contributed by atoms with Gasteiger partial charge < -0.3 is 5.32 Å². The fourth-order valence-corrected chi connectivity index (χ4v) is 1.79. The van der Waals surface area contributed by atoms with Gasteiger partial charge in [-0.3, -0.25) is 4.68 Å². The molecule has 0 fully saturated rings. The molecule has 0 aliphatic heterocycles. The van der Waals surface area contributed by atoms with Gasteiger partial charge >= 0.3 is 0 Å². The zero-order valence-electron chi connectivity index (χ0n) is 8.77. The Hall–Kier alpha value is -1.43. The molecule has 2 rings (SSSR count). The third-order valence-electron chi connectivity index (χ3n) is 1.98. The van der Waals surface area contributed by atoms with Crippen molar-refractivity contribution in [3.8, 4) is 0 Å². The smallest absolute Gasteiger partial charge is 0.202 e. The third-order valence-corrected chi connectivity index (χ3v) is 2.75. The van der Waals surface area contributed by atoms with E-state index in [9.17, 15) is 0 Å². The van der Waals surface area contributed by atoms with Crippen molar-refractivity contribution in [2.75, 3.05) is 5.32 Å². The van der Waals surface area contributed by atoms with Crippen LogP contribution in [-0.2, 0) is 13.1 Å². The molecule has 2 aromatic rings. The van der Waals surface area contributed by atoms with E-state index in [1.165, 1.54) is 11.5 Å². The van der Waals surface area contributed by atoms with Crippen LogP contribution in [0.1, 0.15) is 18.3 Å². The molecular formula is C9H13N5S. The zero-order valence-corrected chi connectivity index (χ0v) is 9.58. The molecule has 6 heteroatoms. The Labute approximate surface area is 92.3 Å². The van der Waals surface area contributed by atoms with E-state index in [-0.39, 0.29) is 0 Å². The van der Waals surface area contributed by atoms with Crippen LogP contribution < -0.4 is 5.32 Å². The lowest BCUT2D eigenvalue weighted by molar-refractivity contribution is 0.659. The van der Waals surface area contributed by atoms with E-state index in [1.807, 2.05) is 24.0 Å². The Morgan fingerprint density at radius 3 is 3.00 bits per heavy atom. The van der Waals surface area contributed by atoms with Gasteiger partial charge in [-0.05, 0) is 13.8 Å². The summed E-state index contributed by atoms with van der Waals surface area (Å²) < 4.78 is 6.00. The highest BCUT2D eigenvalue weighted by Gasteiger charge is 2.00. The maximum Gasteiger partial charge on any atom is 0.202 e. The number of aromatic nitrogens is 4. The van der Waals surface area contributed by atoms with Crippen molar-refractivity contribution in [2.24, 2.45) is 0 Å². The number of hydrogen-bond acceptors (Lipinski definition) is 5. The molecule has 0 amide bonds. The molecule has 1 N–H and O–H groups in total. The maximum absolute atomic E-state index is 4.22. The second-order valence-electron chi connectivity index (χ2n) is 3.20. The monoisotopic (exact) mass is 223 g/mol. The summed E-state index contributed by atoms with van der Waals surface area (Å²) in [5, 5.41) is 8.27. The largest absolute Gasteiger partial charge is 0.356 e. The van der Waals surface area contributed by atoms with Crippen molar-refractivity contribution in [1.82, 2.24) is 19.1 Å². The summed E-state index contributed by atoms with van der Waals surface area (Å²) in [5.41, 5.74) is 1.16. The molecule has 2 aromatic heterocycles. The van der Waals surface area contributed by atoms with Gasteiger partial charge in [0, 0.05) is 36.4 Å². The normalized spacial score (nSPS) is 10.5. The first-order valence-electron chi connectivity index (χ1n) is 4.83. The molecule has 0 atom stereocenters. The summed E-state index contributed by atoms with van der Waals surface area (Å²) in [6, 6.07) is 0. The molecule has 0 aromatic carbocycles. The van der Waals surface area contributed by atoms with Crippen LogP contribution in [0, 0.1) is 6.92 Å². The highest BCUT2D eigenvalue weighted by Crippen LogP contribution is 2.11. The van der Waals surface area contributed by atoms with Crippen molar-refractivity contribution in [1.29, 1.82) is 0 Å². The van der Waals surface area contributed by atoms with Gasteiger partial charge in [-0.25, -0.2) is 4.98 Å². The second-order valence-corrected chi connectivity index (χ2v) is 3.96. The van der Waals surface area contributed by atoms with Crippen LogP contribution in [-0.4, -0.2) is 19.1 Å². The standard InChI is InChI=1S/C9H13N5S/c1-3-14-6-8(5-11-14)4-10-9-12-7(2)13-15-9/h5-6H,3-4H2,1-2H3,(H,10,12,13). The molecule has 0 bridgehead atoms. The molecule has 15 heavy (non-hydrogen) atoms. The summed E-state index contributed by atoms with van der Waals surface area (Å²) in [6.07, 6.45) is 3.89. The van der Waals surface area contributed by atoms with Gasteiger partial charge in [-0.1, -0.05) is 0 Å². The topological polar surface area (TPSA) is 55.6 Å². The molecule has 0 unspecified atom stereocenters. The van der Waals surface area contributed by atoms with Crippen LogP contribution in [0.4, 0.5) is 5.13 Å². The molecular weight excluding hydrogens is 210 g/mol. The van der Waals surface area contributed by atoms with E-state index in [4.69, 9.17) is 0 Å². The lowest BCUT2D eigenvalue weighted by Gasteiger charge is -1.97. The van der Waals surface area contributed by atoms with Crippen LogP contribution >= 0.6 is 11.5 Å². The SMILES string of the molecule is CCn1cc(CNc2nc(C)ns2)cn1. The minimum Gasteiger partial charge on any atom is -0.356 e. The van der Waals surface area contributed by atoms with E-state index in [1.54, 1.807) is 0 Å². The van der Waals surface area contributed by atoms with E-state index < -0.39 is 0 Å². The molecule has 80 valence electrons. The van der Waals surface area contributed by atoms with Gasteiger partial charge in [0.1, 0.15) is 5.82 Å². The van der Waals surface area contributed by atoms with E-state index in [2.05, 4.69) is 26.7 Å². The summed E-state index contributed by atoms with van der Waals surface area (Å²) in [4.78, 5) is 4.22. The zero-order chi connectivity index (χ0) is 10.7. The quantitative estimate of drug-likeness (QED) is 0.856. The average Bonchev–Trinajstić information content (AvgIpc) is 2.83. The highest BCUT2D eigenvalue weighted by molar-refractivity contribution is 7.09. The summed E-state index contributed by atoms with van der Waals surface area (Å²) >= 11 is 1.38. The number of nitrogens with one attached hydrogen (secondary N) is 1.